The van der Waals surface area contributed by atoms with Gasteiger partial charge < -0.3 is 15.7 Å². The number of aliphatic hydroxyl groups excluding tert-OH is 1. The van der Waals surface area contributed by atoms with Crippen LogP contribution in [0.15, 0.2) is 0 Å². The first-order valence-electron chi connectivity index (χ1n) is 4.03. The number of nitrogens with zero attached hydrogens (tertiary/aromatic N) is 3. The zero-order valence-corrected chi connectivity index (χ0v) is 8.78. The van der Waals surface area contributed by atoms with Crippen molar-refractivity contribution in [1.29, 1.82) is 0 Å². The van der Waals surface area contributed by atoms with Gasteiger partial charge in [0.15, 0.2) is 0 Å². The number of anilines is 1. The summed E-state index contributed by atoms with van der Waals surface area (Å²) < 4.78 is 0. The molecule has 78 valence electrons. The Bertz CT molecular complexity index is 327. The molecule has 14 heavy (non-hydrogen) atoms. The second-order valence-corrected chi connectivity index (χ2v) is 3.90. The minimum atomic E-state index is -0.277. The average Bonchev–Trinajstić information content (AvgIpc) is 2.61. The topological polar surface area (TPSA) is 92.3 Å². The van der Waals surface area contributed by atoms with E-state index in [1.807, 2.05) is 0 Å². The van der Waals surface area contributed by atoms with E-state index < -0.39 is 0 Å². The number of hydrogen-bond acceptors (Lipinski definition) is 6. The van der Waals surface area contributed by atoms with Crippen LogP contribution in [0.3, 0.4) is 0 Å². The van der Waals surface area contributed by atoms with Crippen LogP contribution in [0.5, 0.6) is 0 Å². The number of hydrogen-bond donors (Lipinski definition) is 2. The molecule has 0 saturated heterocycles. The van der Waals surface area contributed by atoms with E-state index in [2.05, 4.69) is 10.2 Å². The molecule has 1 amide bonds. The van der Waals surface area contributed by atoms with Crippen molar-refractivity contribution in [3.05, 3.63) is 5.01 Å². The Morgan fingerprint density at radius 2 is 2.36 bits per heavy atom. The van der Waals surface area contributed by atoms with Crippen molar-refractivity contribution < 1.29 is 9.90 Å². The maximum atomic E-state index is 11.6. The smallest absolute Gasteiger partial charge is 0.284 e. The van der Waals surface area contributed by atoms with Crippen molar-refractivity contribution >= 4 is 22.4 Å². The van der Waals surface area contributed by atoms with Crippen LogP contribution in [0.2, 0.25) is 0 Å². The zero-order chi connectivity index (χ0) is 10.7. The van der Waals surface area contributed by atoms with Crippen molar-refractivity contribution in [3.8, 4) is 0 Å². The molecular formula is C7H12N4O2S. The zero-order valence-electron chi connectivity index (χ0n) is 7.97. The van der Waals surface area contributed by atoms with Gasteiger partial charge in [-0.25, -0.2) is 0 Å². The van der Waals surface area contributed by atoms with Crippen LogP contribution in [0.1, 0.15) is 16.7 Å². The standard InChI is InChI=1S/C7H12N4O2S/c1-4(3-12)11(2)6(13)5-9-10-7(8)14-5/h4,12H,3H2,1-2H3,(H2,8,10). The predicted octanol–water partition coefficient (Wildman–Crippen LogP) is -0.427. The number of nitrogen functional groups attached to an aromatic ring is 1. The molecule has 0 saturated carbocycles. The number of carbonyl (C=O) groups excluding carboxylic acids is 1. The SMILES string of the molecule is CC(CO)N(C)C(=O)c1nnc(N)s1. The lowest BCUT2D eigenvalue weighted by Crippen LogP contribution is -2.37. The summed E-state index contributed by atoms with van der Waals surface area (Å²) in [5, 5.41) is 16.5. The summed E-state index contributed by atoms with van der Waals surface area (Å²) in [5.74, 6) is -0.277. The largest absolute Gasteiger partial charge is 0.394 e. The summed E-state index contributed by atoms with van der Waals surface area (Å²) in [7, 11) is 1.60. The molecule has 1 unspecified atom stereocenters. The first-order valence-corrected chi connectivity index (χ1v) is 4.85. The number of amides is 1. The summed E-state index contributed by atoms with van der Waals surface area (Å²) in [5.41, 5.74) is 5.35. The molecule has 3 N–H and O–H groups in total. The fourth-order valence-corrected chi connectivity index (χ4v) is 1.39. The Hall–Kier alpha value is -1.21. The number of carbonyl (C=O) groups is 1. The molecule has 1 aromatic heterocycles. The molecule has 1 atom stereocenters. The molecule has 1 rings (SSSR count). The Morgan fingerprint density at radius 1 is 1.71 bits per heavy atom. The Labute approximate surface area is 85.4 Å². The van der Waals surface area contributed by atoms with Gasteiger partial charge >= 0.3 is 0 Å². The van der Waals surface area contributed by atoms with Crippen molar-refractivity contribution in [2.24, 2.45) is 0 Å². The number of aromatic nitrogens is 2. The summed E-state index contributed by atoms with van der Waals surface area (Å²) in [6.45, 7) is 1.65. The first kappa shape index (κ1) is 10.9. The first-order chi connectivity index (χ1) is 6.56. The van der Waals surface area contributed by atoms with Gasteiger partial charge in [0.25, 0.3) is 5.91 Å². The lowest BCUT2D eigenvalue weighted by Gasteiger charge is -2.21. The van der Waals surface area contributed by atoms with Crippen LogP contribution in [0.25, 0.3) is 0 Å². The highest BCUT2D eigenvalue weighted by Gasteiger charge is 2.20. The predicted molar refractivity (Wildman–Crippen MR) is 53.0 cm³/mol. The van der Waals surface area contributed by atoms with Crippen LogP contribution in [0.4, 0.5) is 5.13 Å². The molecule has 0 bridgehead atoms. The molecule has 0 spiro atoms. The molecule has 1 heterocycles. The van der Waals surface area contributed by atoms with Crippen LogP contribution in [-0.2, 0) is 0 Å². The number of rotatable bonds is 3. The number of likely N-dealkylation sites (N-methyl/N-ethyl adjacent to an activating group) is 1. The average molecular weight is 216 g/mol. The molecule has 7 heteroatoms. The lowest BCUT2D eigenvalue weighted by atomic mass is 10.3. The van der Waals surface area contributed by atoms with Gasteiger partial charge in [0, 0.05) is 7.05 Å². The third kappa shape index (κ3) is 2.18. The van der Waals surface area contributed by atoms with Gasteiger partial charge in [-0.15, -0.1) is 10.2 Å². The molecule has 0 radical (unpaired) electrons. The van der Waals surface area contributed by atoms with Gasteiger partial charge in [-0.1, -0.05) is 11.3 Å². The van der Waals surface area contributed by atoms with Gasteiger partial charge in [-0.3, -0.25) is 4.79 Å². The van der Waals surface area contributed by atoms with Crippen LogP contribution >= 0.6 is 11.3 Å². The maximum Gasteiger partial charge on any atom is 0.284 e. The van der Waals surface area contributed by atoms with E-state index in [1.54, 1.807) is 14.0 Å². The second kappa shape index (κ2) is 4.34. The number of nitrogens with two attached hydrogens (primary N) is 1. The molecular weight excluding hydrogens is 204 g/mol. The normalized spacial score (nSPS) is 12.5. The second-order valence-electron chi connectivity index (χ2n) is 2.89. The highest BCUT2D eigenvalue weighted by molar-refractivity contribution is 7.16. The molecule has 0 aliphatic heterocycles. The van der Waals surface area contributed by atoms with Crippen LogP contribution in [-0.4, -0.2) is 45.8 Å². The van der Waals surface area contributed by atoms with Gasteiger partial charge in [0.2, 0.25) is 10.1 Å². The minimum absolute atomic E-state index is 0.0868. The van der Waals surface area contributed by atoms with E-state index in [9.17, 15) is 4.79 Å². The fraction of sp³-hybridized carbons (Fsp3) is 0.571. The van der Waals surface area contributed by atoms with Crippen molar-refractivity contribution in [1.82, 2.24) is 15.1 Å². The summed E-state index contributed by atoms with van der Waals surface area (Å²) in [6, 6.07) is -0.243. The third-order valence-corrected chi connectivity index (χ3v) is 2.61. The van der Waals surface area contributed by atoms with E-state index in [4.69, 9.17) is 10.8 Å². The summed E-state index contributed by atoms with van der Waals surface area (Å²) >= 11 is 1.03. The Morgan fingerprint density at radius 3 is 2.79 bits per heavy atom. The van der Waals surface area contributed by atoms with Gasteiger partial charge in [0.1, 0.15) is 0 Å². The Balaban J connectivity index is 2.75. The van der Waals surface area contributed by atoms with Crippen LogP contribution < -0.4 is 5.73 Å². The van der Waals surface area contributed by atoms with E-state index in [1.165, 1.54) is 4.90 Å². The van der Waals surface area contributed by atoms with Gasteiger partial charge in [-0.05, 0) is 6.92 Å². The van der Waals surface area contributed by atoms with Crippen molar-refractivity contribution in [2.75, 3.05) is 19.4 Å². The monoisotopic (exact) mass is 216 g/mol. The van der Waals surface area contributed by atoms with Gasteiger partial charge in [0.05, 0.1) is 12.6 Å². The van der Waals surface area contributed by atoms with Crippen molar-refractivity contribution in [3.63, 3.8) is 0 Å². The summed E-state index contributed by atoms with van der Waals surface area (Å²) in [6.07, 6.45) is 0. The minimum Gasteiger partial charge on any atom is -0.394 e. The molecule has 0 aromatic carbocycles. The van der Waals surface area contributed by atoms with E-state index in [0.29, 0.717) is 0 Å². The van der Waals surface area contributed by atoms with Gasteiger partial charge in [-0.2, -0.15) is 0 Å². The fourth-order valence-electron chi connectivity index (χ4n) is 0.794. The number of aliphatic hydroxyl groups is 1. The molecule has 6 nitrogen and oxygen atoms in total. The van der Waals surface area contributed by atoms with E-state index in [-0.39, 0.29) is 28.7 Å². The van der Waals surface area contributed by atoms with Crippen LogP contribution in [0, 0.1) is 0 Å². The molecule has 0 aliphatic rings. The maximum absolute atomic E-state index is 11.6. The molecule has 1 aromatic rings. The van der Waals surface area contributed by atoms with Crippen molar-refractivity contribution in [2.45, 2.75) is 13.0 Å². The molecule has 0 aliphatic carbocycles. The highest BCUT2D eigenvalue weighted by atomic mass is 32.1. The Kier molecular flexibility index (Phi) is 3.37. The lowest BCUT2D eigenvalue weighted by molar-refractivity contribution is 0.0681. The van der Waals surface area contributed by atoms with E-state index in [0.717, 1.165) is 11.3 Å². The molecule has 0 fully saturated rings. The van der Waals surface area contributed by atoms with E-state index >= 15 is 0 Å². The third-order valence-electron chi connectivity index (χ3n) is 1.87. The quantitative estimate of drug-likeness (QED) is 0.715. The highest BCUT2D eigenvalue weighted by Crippen LogP contribution is 2.13. The summed E-state index contributed by atoms with van der Waals surface area (Å²) in [4.78, 5) is 13.0.